The molecule has 0 bridgehead atoms. The molecule has 0 spiro atoms. The Balaban J connectivity index is 1.33. The van der Waals surface area contributed by atoms with Crippen LogP contribution in [0.15, 0.2) is 50.5 Å². The van der Waals surface area contributed by atoms with Crippen LogP contribution in [0.4, 0.5) is 0 Å². The number of hydrogen-bond acceptors (Lipinski definition) is 5. The standard InChI is InChI=1S/C28H34N2O4S/c1-19(2)25-17-26-23(16-28(31)34-27(26)14-20(25)3)18-29-10-12-30(13-11-29)35(32,33)24-9-8-21-6-4-5-7-22(21)15-24/h8-9,14-17,19H,4-7,10-13,18H2,1-3H3. The van der Waals surface area contributed by atoms with Crippen LogP contribution in [0.1, 0.15) is 60.4 Å². The molecule has 1 aliphatic carbocycles. The van der Waals surface area contributed by atoms with Gasteiger partial charge in [0.25, 0.3) is 0 Å². The first-order chi connectivity index (χ1) is 16.7. The summed E-state index contributed by atoms with van der Waals surface area (Å²) < 4.78 is 33.8. The van der Waals surface area contributed by atoms with E-state index in [-0.39, 0.29) is 5.63 Å². The number of fused-ring (bicyclic) bond motifs is 2. The maximum absolute atomic E-state index is 13.3. The van der Waals surface area contributed by atoms with E-state index in [2.05, 4.69) is 24.8 Å². The van der Waals surface area contributed by atoms with Crippen LogP contribution in [-0.2, 0) is 29.4 Å². The number of rotatable bonds is 5. The molecule has 0 N–H and O–H groups in total. The molecular formula is C28H34N2O4S. The predicted octanol–water partition coefficient (Wildman–Crippen LogP) is 4.61. The fourth-order valence-electron chi connectivity index (χ4n) is 5.53. The van der Waals surface area contributed by atoms with Crippen molar-refractivity contribution in [2.45, 2.75) is 63.8 Å². The Morgan fingerprint density at radius 3 is 2.37 bits per heavy atom. The Bertz CT molecular complexity index is 1420. The van der Waals surface area contributed by atoms with Crippen LogP contribution in [0.3, 0.4) is 0 Å². The number of aryl methyl sites for hydroxylation is 3. The molecule has 186 valence electrons. The van der Waals surface area contributed by atoms with Crippen molar-refractivity contribution >= 4 is 21.0 Å². The zero-order valence-electron chi connectivity index (χ0n) is 20.8. The van der Waals surface area contributed by atoms with Gasteiger partial charge >= 0.3 is 5.63 Å². The van der Waals surface area contributed by atoms with Crippen molar-refractivity contribution in [3.8, 4) is 0 Å². The Labute approximate surface area is 207 Å². The van der Waals surface area contributed by atoms with Crippen LogP contribution in [0.2, 0.25) is 0 Å². The van der Waals surface area contributed by atoms with Gasteiger partial charge in [0, 0.05) is 44.2 Å². The van der Waals surface area contributed by atoms with E-state index in [1.165, 1.54) is 23.1 Å². The first kappa shape index (κ1) is 24.2. The molecule has 0 unspecified atom stereocenters. The number of piperazine rings is 1. The van der Waals surface area contributed by atoms with Gasteiger partial charge in [-0.25, -0.2) is 13.2 Å². The maximum atomic E-state index is 13.3. The molecule has 0 atom stereocenters. The zero-order chi connectivity index (χ0) is 24.7. The molecule has 7 heteroatoms. The molecule has 1 aliphatic heterocycles. The molecule has 3 aromatic rings. The van der Waals surface area contributed by atoms with Crippen molar-refractivity contribution in [3.05, 3.63) is 74.6 Å². The van der Waals surface area contributed by atoms with Crippen molar-refractivity contribution < 1.29 is 12.8 Å². The zero-order valence-corrected chi connectivity index (χ0v) is 21.7. The summed E-state index contributed by atoms with van der Waals surface area (Å²) in [6.07, 6.45) is 4.31. The fourth-order valence-corrected chi connectivity index (χ4v) is 7.01. The van der Waals surface area contributed by atoms with E-state index in [4.69, 9.17) is 4.42 Å². The van der Waals surface area contributed by atoms with E-state index in [1.807, 2.05) is 25.1 Å². The minimum absolute atomic E-state index is 0.349. The Kier molecular flexibility index (Phi) is 6.59. The summed E-state index contributed by atoms with van der Waals surface area (Å²) >= 11 is 0. The van der Waals surface area contributed by atoms with Crippen molar-refractivity contribution in [1.82, 2.24) is 9.21 Å². The van der Waals surface area contributed by atoms with Gasteiger partial charge in [-0.2, -0.15) is 4.31 Å². The van der Waals surface area contributed by atoms with Gasteiger partial charge in [0.1, 0.15) is 5.58 Å². The molecule has 1 aromatic heterocycles. The van der Waals surface area contributed by atoms with E-state index in [9.17, 15) is 13.2 Å². The quantitative estimate of drug-likeness (QED) is 0.485. The Morgan fingerprint density at radius 1 is 0.943 bits per heavy atom. The highest BCUT2D eigenvalue weighted by Gasteiger charge is 2.29. The number of sulfonamides is 1. The SMILES string of the molecule is Cc1cc2oc(=O)cc(CN3CCN(S(=O)(=O)c4ccc5c(c4)CCCC5)CC3)c2cc1C(C)C. The Hall–Kier alpha value is -2.48. The van der Waals surface area contributed by atoms with Crippen LogP contribution in [0.5, 0.6) is 0 Å². The molecule has 0 saturated carbocycles. The van der Waals surface area contributed by atoms with Crippen LogP contribution in [0, 0.1) is 6.92 Å². The second kappa shape index (κ2) is 9.52. The largest absolute Gasteiger partial charge is 0.423 e. The third-order valence-electron chi connectivity index (χ3n) is 7.52. The summed E-state index contributed by atoms with van der Waals surface area (Å²) in [4.78, 5) is 14.9. The van der Waals surface area contributed by atoms with Gasteiger partial charge in [0.2, 0.25) is 10.0 Å². The summed E-state index contributed by atoms with van der Waals surface area (Å²) in [5.41, 5.74) is 6.03. The maximum Gasteiger partial charge on any atom is 0.336 e. The normalized spacial score (nSPS) is 17.7. The average molecular weight is 495 g/mol. The molecule has 1 fully saturated rings. The van der Waals surface area contributed by atoms with Crippen LogP contribution < -0.4 is 5.63 Å². The van der Waals surface area contributed by atoms with E-state index in [1.54, 1.807) is 16.4 Å². The molecule has 35 heavy (non-hydrogen) atoms. The van der Waals surface area contributed by atoms with E-state index in [0.717, 1.165) is 35.8 Å². The van der Waals surface area contributed by atoms with Gasteiger partial charge in [-0.15, -0.1) is 0 Å². The molecule has 0 amide bonds. The molecule has 6 nitrogen and oxygen atoms in total. The first-order valence-electron chi connectivity index (χ1n) is 12.6. The molecule has 5 rings (SSSR count). The van der Waals surface area contributed by atoms with Crippen LogP contribution in [0.25, 0.3) is 11.0 Å². The summed E-state index contributed by atoms with van der Waals surface area (Å²) in [5, 5.41) is 0.961. The van der Waals surface area contributed by atoms with Gasteiger partial charge < -0.3 is 4.42 Å². The van der Waals surface area contributed by atoms with Crippen LogP contribution in [-0.4, -0.2) is 43.8 Å². The number of benzene rings is 2. The van der Waals surface area contributed by atoms with Crippen molar-refractivity contribution in [1.29, 1.82) is 0 Å². The highest BCUT2D eigenvalue weighted by molar-refractivity contribution is 7.89. The van der Waals surface area contributed by atoms with Gasteiger partial charge in [-0.05, 0) is 90.6 Å². The lowest BCUT2D eigenvalue weighted by molar-refractivity contribution is 0.182. The van der Waals surface area contributed by atoms with Crippen molar-refractivity contribution in [2.24, 2.45) is 0 Å². The summed E-state index contributed by atoms with van der Waals surface area (Å²) in [5.74, 6) is 0.372. The smallest absolute Gasteiger partial charge is 0.336 e. The highest BCUT2D eigenvalue weighted by atomic mass is 32.2. The van der Waals surface area contributed by atoms with Gasteiger partial charge in [-0.1, -0.05) is 19.9 Å². The predicted molar refractivity (Wildman–Crippen MR) is 138 cm³/mol. The summed E-state index contributed by atoms with van der Waals surface area (Å²) in [6, 6.07) is 11.3. The molecule has 1 saturated heterocycles. The molecule has 2 aliphatic rings. The average Bonchev–Trinajstić information content (AvgIpc) is 2.83. The second-order valence-electron chi connectivity index (χ2n) is 10.3. The van der Waals surface area contributed by atoms with Gasteiger partial charge in [-0.3, -0.25) is 4.90 Å². The topological polar surface area (TPSA) is 70.8 Å². The van der Waals surface area contributed by atoms with Gasteiger partial charge in [0.05, 0.1) is 4.90 Å². The summed E-state index contributed by atoms with van der Waals surface area (Å²) in [7, 11) is -3.51. The van der Waals surface area contributed by atoms with Crippen molar-refractivity contribution in [2.75, 3.05) is 26.2 Å². The fraction of sp³-hybridized carbons (Fsp3) is 0.464. The lowest BCUT2D eigenvalue weighted by Gasteiger charge is -2.34. The van der Waals surface area contributed by atoms with Crippen molar-refractivity contribution in [3.63, 3.8) is 0 Å². The van der Waals surface area contributed by atoms with E-state index in [0.29, 0.717) is 49.1 Å². The summed E-state index contributed by atoms with van der Waals surface area (Å²) in [6.45, 7) is 9.08. The first-order valence-corrected chi connectivity index (χ1v) is 14.1. The number of hydrogen-bond donors (Lipinski definition) is 0. The molecular weight excluding hydrogens is 460 g/mol. The third kappa shape index (κ3) is 4.82. The highest BCUT2D eigenvalue weighted by Crippen LogP contribution is 2.29. The molecule has 0 radical (unpaired) electrons. The minimum atomic E-state index is -3.51. The molecule has 2 aromatic carbocycles. The Morgan fingerprint density at radius 2 is 1.66 bits per heavy atom. The van der Waals surface area contributed by atoms with E-state index < -0.39 is 10.0 Å². The number of nitrogens with zero attached hydrogens (tertiary/aromatic N) is 2. The van der Waals surface area contributed by atoms with Gasteiger partial charge in [0.15, 0.2) is 0 Å². The molecule has 2 heterocycles. The monoisotopic (exact) mass is 494 g/mol. The van der Waals surface area contributed by atoms with Crippen LogP contribution >= 0.6 is 0 Å². The lowest BCUT2D eigenvalue weighted by Crippen LogP contribution is -2.48. The third-order valence-corrected chi connectivity index (χ3v) is 9.42. The minimum Gasteiger partial charge on any atom is -0.423 e. The lowest BCUT2D eigenvalue weighted by atomic mass is 9.92. The second-order valence-corrected chi connectivity index (χ2v) is 12.2. The van der Waals surface area contributed by atoms with E-state index >= 15 is 0 Å².